The SMILES string of the molecule is CC[C@@H](C(=O)NC(C)(C)C)N(Cc1ccc(Cl)cc1)C(=O)CN(c1ccccc1Br)S(C)(=O)=O. The van der Waals surface area contributed by atoms with Crippen LogP contribution in [0.4, 0.5) is 5.69 Å². The van der Waals surface area contributed by atoms with E-state index in [0.717, 1.165) is 16.1 Å². The number of hydrogen-bond acceptors (Lipinski definition) is 4. The van der Waals surface area contributed by atoms with Gasteiger partial charge in [-0.15, -0.1) is 0 Å². The zero-order valence-corrected chi connectivity index (χ0v) is 23.2. The van der Waals surface area contributed by atoms with Gasteiger partial charge in [0.2, 0.25) is 21.8 Å². The fourth-order valence-electron chi connectivity index (χ4n) is 3.41. The molecule has 0 aromatic heterocycles. The summed E-state index contributed by atoms with van der Waals surface area (Å²) < 4.78 is 26.9. The summed E-state index contributed by atoms with van der Waals surface area (Å²) in [6.45, 7) is 7.08. The van der Waals surface area contributed by atoms with Gasteiger partial charge in [-0.1, -0.05) is 42.8 Å². The van der Waals surface area contributed by atoms with Crippen molar-refractivity contribution in [3.63, 3.8) is 0 Å². The second-order valence-corrected chi connectivity index (χ2v) is 12.2. The van der Waals surface area contributed by atoms with Gasteiger partial charge < -0.3 is 10.2 Å². The summed E-state index contributed by atoms with van der Waals surface area (Å²) >= 11 is 9.37. The highest BCUT2D eigenvalue weighted by atomic mass is 79.9. The van der Waals surface area contributed by atoms with Crippen molar-refractivity contribution in [2.75, 3.05) is 17.1 Å². The van der Waals surface area contributed by atoms with Gasteiger partial charge in [-0.3, -0.25) is 13.9 Å². The first kappa shape index (κ1) is 28.1. The minimum atomic E-state index is -3.79. The van der Waals surface area contributed by atoms with E-state index in [9.17, 15) is 18.0 Å². The van der Waals surface area contributed by atoms with Crippen molar-refractivity contribution >= 4 is 55.1 Å². The summed E-state index contributed by atoms with van der Waals surface area (Å²) in [5, 5.41) is 3.48. The van der Waals surface area contributed by atoms with Gasteiger partial charge in [0.15, 0.2) is 0 Å². The zero-order chi connectivity index (χ0) is 25.7. The second-order valence-electron chi connectivity index (χ2n) is 9.03. The zero-order valence-electron chi connectivity index (χ0n) is 20.0. The van der Waals surface area contributed by atoms with E-state index >= 15 is 0 Å². The molecule has 2 aromatic carbocycles. The van der Waals surface area contributed by atoms with E-state index in [2.05, 4.69) is 21.2 Å². The van der Waals surface area contributed by atoms with Crippen LogP contribution in [0.15, 0.2) is 53.0 Å². The molecule has 0 aliphatic rings. The molecule has 1 atom stereocenters. The molecule has 0 saturated heterocycles. The monoisotopic (exact) mass is 571 g/mol. The molecule has 0 bridgehead atoms. The first-order valence-electron chi connectivity index (χ1n) is 10.8. The molecule has 0 radical (unpaired) electrons. The van der Waals surface area contributed by atoms with E-state index in [-0.39, 0.29) is 12.5 Å². The van der Waals surface area contributed by atoms with Crippen LogP contribution in [0.3, 0.4) is 0 Å². The minimum Gasteiger partial charge on any atom is -0.350 e. The molecular weight excluding hydrogens is 542 g/mol. The maximum absolute atomic E-state index is 13.6. The Kier molecular flexibility index (Phi) is 9.56. The molecule has 0 unspecified atom stereocenters. The van der Waals surface area contributed by atoms with Crippen LogP contribution in [-0.4, -0.2) is 49.5 Å². The van der Waals surface area contributed by atoms with Gasteiger partial charge >= 0.3 is 0 Å². The third kappa shape index (κ3) is 7.99. The molecule has 7 nitrogen and oxygen atoms in total. The lowest BCUT2D eigenvalue weighted by Crippen LogP contribution is -2.55. The molecule has 2 rings (SSSR count). The Balaban J connectivity index is 2.46. The maximum Gasteiger partial charge on any atom is 0.244 e. The molecule has 186 valence electrons. The fraction of sp³-hybridized carbons (Fsp3) is 0.417. The van der Waals surface area contributed by atoms with Gasteiger partial charge in [0.05, 0.1) is 11.9 Å². The Hall–Kier alpha value is -2.10. The lowest BCUT2D eigenvalue weighted by atomic mass is 10.1. The highest BCUT2D eigenvalue weighted by Gasteiger charge is 2.33. The maximum atomic E-state index is 13.6. The quantitative estimate of drug-likeness (QED) is 0.476. The number of halogens is 2. The number of amides is 2. The van der Waals surface area contributed by atoms with Gasteiger partial charge in [0, 0.05) is 21.6 Å². The lowest BCUT2D eigenvalue weighted by Gasteiger charge is -2.34. The van der Waals surface area contributed by atoms with E-state index < -0.39 is 34.1 Å². The predicted molar refractivity (Wildman–Crippen MR) is 140 cm³/mol. The van der Waals surface area contributed by atoms with Crippen molar-refractivity contribution in [3.05, 3.63) is 63.6 Å². The van der Waals surface area contributed by atoms with Crippen LogP contribution in [-0.2, 0) is 26.2 Å². The summed E-state index contributed by atoms with van der Waals surface area (Å²) in [4.78, 5) is 28.2. The molecule has 0 saturated carbocycles. The van der Waals surface area contributed by atoms with Crippen molar-refractivity contribution in [2.45, 2.75) is 52.2 Å². The smallest absolute Gasteiger partial charge is 0.244 e. The summed E-state index contributed by atoms with van der Waals surface area (Å²) in [5.41, 5.74) is 0.622. The number of benzene rings is 2. The number of sulfonamides is 1. The lowest BCUT2D eigenvalue weighted by molar-refractivity contribution is -0.141. The molecule has 10 heteroatoms. The number of nitrogens with one attached hydrogen (secondary N) is 1. The Bertz CT molecular complexity index is 1120. The average molecular weight is 573 g/mol. The molecule has 0 aliphatic carbocycles. The molecule has 0 fully saturated rings. The van der Waals surface area contributed by atoms with Crippen LogP contribution in [0.25, 0.3) is 0 Å². The molecule has 2 aromatic rings. The number of nitrogens with zero attached hydrogens (tertiary/aromatic N) is 2. The third-order valence-electron chi connectivity index (χ3n) is 4.95. The van der Waals surface area contributed by atoms with Crippen LogP contribution >= 0.6 is 27.5 Å². The van der Waals surface area contributed by atoms with Crippen LogP contribution in [0.1, 0.15) is 39.7 Å². The van der Waals surface area contributed by atoms with Crippen molar-refractivity contribution in [2.24, 2.45) is 0 Å². The molecule has 0 spiro atoms. The molecule has 0 aliphatic heterocycles. The average Bonchev–Trinajstić information content (AvgIpc) is 2.71. The Labute approximate surface area is 215 Å². The molecule has 34 heavy (non-hydrogen) atoms. The first-order chi connectivity index (χ1) is 15.7. The van der Waals surface area contributed by atoms with E-state index in [1.54, 1.807) is 48.5 Å². The minimum absolute atomic E-state index is 0.125. The van der Waals surface area contributed by atoms with Gasteiger partial charge in [-0.05, 0) is 73.0 Å². The number of hydrogen-bond donors (Lipinski definition) is 1. The second kappa shape index (κ2) is 11.6. The number of rotatable bonds is 9. The molecule has 0 heterocycles. The van der Waals surface area contributed by atoms with Gasteiger partial charge in [0.25, 0.3) is 0 Å². The topological polar surface area (TPSA) is 86.8 Å². The Morgan fingerprint density at radius 3 is 2.18 bits per heavy atom. The number of carbonyl (C=O) groups is 2. The molecule has 1 N–H and O–H groups in total. The Morgan fingerprint density at radius 2 is 1.68 bits per heavy atom. The van der Waals surface area contributed by atoms with E-state index in [0.29, 0.717) is 21.6 Å². The first-order valence-corrected chi connectivity index (χ1v) is 13.8. The van der Waals surface area contributed by atoms with E-state index in [1.807, 2.05) is 27.7 Å². The van der Waals surface area contributed by atoms with Crippen molar-refractivity contribution in [1.29, 1.82) is 0 Å². The summed E-state index contributed by atoms with van der Waals surface area (Å²) in [6, 6.07) is 13.0. The summed E-state index contributed by atoms with van der Waals surface area (Å²) in [7, 11) is -3.79. The van der Waals surface area contributed by atoms with Gasteiger partial charge in [-0.2, -0.15) is 0 Å². The number of carbonyl (C=O) groups excluding carboxylic acids is 2. The number of para-hydroxylation sites is 1. The van der Waals surface area contributed by atoms with E-state index in [4.69, 9.17) is 11.6 Å². The largest absolute Gasteiger partial charge is 0.350 e. The van der Waals surface area contributed by atoms with Crippen molar-refractivity contribution < 1.29 is 18.0 Å². The molecular formula is C24H31BrClN3O4S. The van der Waals surface area contributed by atoms with Gasteiger partial charge in [0.1, 0.15) is 12.6 Å². The van der Waals surface area contributed by atoms with Crippen LogP contribution in [0.2, 0.25) is 5.02 Å². The van der Waals surface area contributed by atoms with Crippen LogP contribution in [0, 0.1) is 0 Å². The van der Waals surface area contributed by atoms with Crippen LogP contribution < -0.4 is 9.62 Å². The van der Waals surface area contributed by atoms with E-state index in [1.165, 1.54) is 4.90 Å². The Morgan fingerprint density at radius 1 is 1.09 bits per heavy atom. The summed E-state index contributed by atoms with van der Waals surface area (Å²) in [5.74, 6) is -0.795. The summed E-state index contributed by atoms with van der Waals surface area (Å²) in [6.07, 6.45) is 1.40. The van der Waals surface area contributed by atoms with Gasteiger partial charge in [-0.25, -0.2) is 8.42 Å². The number of anilines is 1. The van der Waals surface area contributed by atoms with Crippen molar-refractivity contribution in [1.82, 2.24) is 10.2 Å². The normalized spacial score (nSPS) is 12.7. The highest BCUT2D eigenvalue weighted by molar-refractivity contribution is 9.10. The predicted octanol–water partition coefficient (Wildman–Crippen LogP) is 4.59. The third-order valence-corrected chi connectivity index (χ3v) is 7.00. The van der Waals surface area contributed by atoms with Crippen molar-refractivity contribution in [3.8, 4) is 0 Å². The van der Waals surface area contributed by atoms with Crippen LogP contribution in [0.5, 0.6) is 0 Å². The molecule has 2 amide bonds. The standard InChI is InChI=1S/C24H31BrClN3O4S/c1-6-20(23(31)27-24(2,3)4)28(15-17-11-13-18(26)14-12-17)22(30)16-29(34(5,32)33)21-10-8-7-9-19(21)25/h7-14,20H,6,15-16H2,1-5H3,(H,27,31)/t20-/m0/s1. The highest BCUT2D eigenvalue weighted by Crippen LogP contribution is 2.28. The fourth-order valence-corrected chi connectivity index (χ4v) is 5.01.